The molecule has 194 valence electrons. The van der Waals surface area contributed by atoms with Crippen LogP contribution in [0.25, 0.3) is 6.08 Å². The predicted octanol–water partition coefficient (Wildman–Crippen LogP) is 5.28. The van der Waals surface area contributed by atoms with Crippen LogP contribution in [0.2, 0.25) is 10.0 Å². The maximum absolute atomic E-state index is 13.6. The number of hydrogen-bond donors (Lipinski definition) is 0. The molecule has 0 fully saturated rings. The van der Waals surface area contributed by atoms with Gasteiger partial charge < -0.3 is 13.9 Å². The molecular weight excluding hydrogens is 547 g/mol. The van der Waals surface area contributed by atoms with Gasteiger partial charge in [0.25, 0.3) is 5.56 Å². The van der Waals surface area contributed by atoms with Crippen molar-refractivity contribution in [2.24, 2.45) is 4.99 Å². The minimum atomic E-state index is -0.656. The van der Waals surface area contributed by atoms with Crippen molar-refractivity contribution in [3.63, 3.8) is 0 Å². The van der Waals surface area contributed by atoms with Gasteiger partial charge in [0.05, 0.1) is 33.5 Å². The van der Waals surface area contributed by atoms with Gasteiger partial charge in [-0.1, -0.05) is 70.9 Å². The summed E-state index contributed by atoms with van der Waals surface area (Å²) in [6, 6.07) is 17.4. The standard InChI is InChI=1S/C28H22Cl2N2O5S/c1-3-35-27(34)23-16(2)31-28-32(25(23)17-8-5-4-6-9-17)26(33)22(38-28)14-18-12-13-19(37-18)15-36-21-11-7-10-20(29)24(21)30/h4-14,25H,3,15H2,1-2H3/b22-14-. The largest absolute Gasteiger partial charge is 0.484 e. The molecule has 0 spiro atoms. The lowest BCUT2D eigenvalue weighted by Crippen LogP contribution is -2.39. The maximum Gasteiger partial charge on any atom is 0.338 e. The van der Waals surface area contributed by atoms with Gasteiger partial charge in [0.2, 0.25) is 0 Å². The van der Waals surface area contributed by atoms with E-state index in [0.717, 1.165) is 5.56 Å². The summed E-state index contributed by atoms with van der Waals surface area (Å²) in [7, 11) is 0. The number of nitrogens with zero attached hydrogens (tertiary/aromatic N) is 2. The van der Waals surface area contributed by atoms with Gasteiger partial charge >= 0.3 is 5.97 Å². The Bertz CT molecular complexity index is 1720. The summed E-state index contributed by atoms with van der Waals surface area (Å²) in [6.45, 7) is 3.85. The molecule has 1 unspecified atom stereocenters. The highest BCUT2D eigenvalue weighted by Gasteiger charge is 2.33. The van der Waals surface area contributed by atoms with Gasteiger partial charge in [0, 0.05) is 6.08 Å². The number of carbonyl (C=O) groups excluding carboxylic acids is 1. The first-order chi connectivity index (χ1) is 18.4. The van der Waals surface area contributed by atoms with Crippen molar-refractivity contribution in [1.82, 2.24) is 4.57 Å². The molecule has 1 aliphatic rings. The first-order valence-electron chi connectivity index (χ1n) is 11.8. The van der Waals surface area contributed by atoms with Crippen LogP contribution in [-0.4, -0.2) is 17.1 Å². The van der Waals surface area contributed by atoms with E-state index in [9.17, 15) is 9.59 Å². The number of hydrogen-bond acceptors (Lipinski definition) is 7. The van der Waals surface area contributed by atoms with Crippen molar-refractivity contribution in [2.45, 2.75) is 26.5 Å². The Morgan fingerprint density at radius 3 is 2.68 bits per heavy atom. The van der Waals surface area contributed by atoms with E-state index in [0.29, 0.717) is 47.9 Å². The molecule has 1 aliphatic heterocycles. The zero-order valence-corrected chi connectivity index (χ0v) is 22.8. The Balaban J connectivity index is 1.50. The van der Waals surface area contributed by atoms with Crippen LogP contribution in [0.5, 0.6) is 5.75 Å². The molecule has 0 N–H and O–H groups in total. The number of furan rings is 1. The Morgan fingerprint density at radius 1 is 1.13 bits per heavy atom. The molecule has 0 saturated heterocycles. The first-order valence-corrected chi connectivity index (χ1v) is 13.3. The van der Waals surface area contributed by atoms with E-state index < -0.39 is 12.0 Å². The van der Waals surface area contributed by atoms with E-state index in [1.54, 1.807) is 54.8 Å². The van der Waals surface area contributed by atoms with E-state index in [2.05, 4.69) is 4.99 Å². The number of thiazole rings is 1. The minimum absolute atomic E-state index is 0.130. The molecule has 0 aliphatic carbocycles. The Kier molecular flexibility index (Phi) is 7.56. The summed E-state index contributed by atoms with van der Waals surface area (Å²) in [5.74, 6) is 0.970. The van der Waals surface area contributed by atoms with Gasteiger partial charge in [-0.25, -0.2) is 9.79 Å². The number of rotatable bonds is 7. The smallest absolute Gasteiger partial charge is 0.338 e. The number of carbonyl (C=O) groups is 1. The molecular formula is C28H22Cl2N2O5S. The topological polar surface area (TPSA) is 83.0 Å². The van der Waals surface area contributed by atoms with Crippen LogP contribution in [-0.2, 0) is 16.1 Å². The van der Waals surface area contributed by atoms with Crippen LogP contribution in [0.1, 0.15) is 37.0 Å². The average Bonchev–Trinajstić information content (AvgIpc) is 3.48. The zero-order chi connectivity index (χ0) is 26.8. The lowest BCUT2D eigenvalue weighted by Gasteiger charge is -2.24. The SMILES string of the molecule is CCOC(=O)C1=C(C)N=c2s/c(=C\c3ccc(COc4cccc(Cl)c4Cl)o3)c(=O)n2C1c1ccccc1. The lowest BCUT2D eigenvalue weighted by atomic mass is 9.96. The Hall–Kier alpha value is -3.59. The number of esters is 1. The minimum Gasteiger partial charge on any atom is -0.484 e. The van der Waals surface area contributed by atoms with Gasteiger partial charge in [-0.15, -0.1) is 0 Å². The monoisotopic (exact) mass is 568 g/mol. The van der Waals surface area contributed by atoms with Gasteiger partial charge in [-0.05, 0) is 43.7 Å². The fourth-order valence-corrected chi connectivity index (χ4v) is 5.54. The summed E-state index contributed by atoms with van der Waals surface area (Å²) in [5.41, 5.74) is 1.36. The van der Waals surface area contributed by atoms with Crippen LogP contribution in [0.15, 0.2) is 86.1 Å². The second-order valence-electron chi connectivity index (χ2n) is 8.36. The molecule has 2 aromatic heterocycles. The summed E-state index contributed by atoms with van der Waals surface area (Å²) < 4.78 is 18.9. The molecule has 10 heteroatoms. The zero-order valence-electron chi connectivity index (χ0n) is 20.4. The van der Waals surface area contributed by atoms with Gasteiger partial charge in [0.15, 0.2) is 4.80 Å². The molecule has 0 bridgehead atoms. The van der Waals surface area contributed by atoms with Crippen LogP contribution in [0.4, 0.5) is 0 Å². The van der Waals surface area contributed by atoms with E-state index in [1.165, 1.54) is 11.3 Å². The van der Waals surface area contributed by atoms with Crippen molar-refractivity contribution in [2.75, 3.05) is 6.61 Å². The van der Waals surface area contributed by atoms with Crippen molar-refractivity contribution in [3.8, 4) is 5.75 Å². The molecule has 5 rings (SSSR count). The maximum atomic E-state index is 13.6. The number of ether oxygens (including phenoxy) is 2. The predicted molar refractivity (Wildman–Crippen MR) is 146 cm³/mol. The van der Waals surface area contributed by atoms with Crippen molar-refractivity contribution in [3.05, 3.63) is 119 Å². The highest BCUT2D eigenvalue weighted by molar-refractivity contribution is 7.07. The van der Waals surface area contributed by atoms with E-state index in [1.807, 2.05) is 30.3 Å². The number of allylic oxidation sites excluding steroid dienone is 1. The molecule has 1 atom stereocenters. The third kappa shape index (κ3) is 5.07. The van der Waals surface area contributed by atoms with Crippen LogP contribution < -0.4 is 19.6 Å². The second kappa shape index (κ2) is 11.0. The quantitative estimate of drug-likeness (QED) is 0.283. The number of aromatic nitrogens is 1. The molecule has 0 saturated carbocycles. The van der Waals surface area contributed by atoms with E-state index >= 15 is 0 Å². The first kappa shape index (κ1) is 26.0. The number of benzene rings is 2. The molecule has 2 aromatic carbocycles. The molecule has 7 nitrogen and oxygen atoms in total. The van der Waals surface area contributed by atoms with Gasteiger partial charge in [-0.2, -0.15) is 0 Å². The number of halogens is 2. The summed E-state index contributed by atoms with van der Waals surface area (Å²) >= 11 is 13.5. The van der Waals surface area contributed by atoms with Gasteiger partial charge in [-0.3, -0.25) is 9.36 Å². The Morgan fingerprint density at radius 2 is 1.92 bits per heavy atom. The lowest BCUT2D eigenvalue weighted by molar-refractivity contribution is -0.139. The Labute approximate surface area is 231 Å². The third-order valence-corrected chi connectivity index (χ3v) is 7.66. The fraction of sp³-hybridized carbons (Fsp3) is 0.179. The molecule has 0 radical (unpaired) electrons. The molecule has 38 heavy (non-hydrogen) atoms. The van der Waals surface area contributed by atoms with Gasteiger partial charge in [0.1, 0.15) is 28.9 Å². The molecule has 3 heterocycles. The molecule has 4 aromatic rings. The summed E-state index contributed by atoms with van der Waals surface area (Å²) in [6.07, 6.45) is 1.66. The highest BCUT2D eigenvalue weighted by Crippen LogP contribution is 2.32. The number of fused-ring (bicyclic) bond motifs is 1. The summed E-state index contributed by atoms with van der Waals surface area (Å²) in [5, 5.41) is 0.724. The van der Waals surface area contributed by atoms with Crippen molar-refractivity contribution < 1.29 is 18.7 Å². The highest BCUT2D eigenvalue weighted by atomic mass is 35.5. The van der Waals surface area contributed by atoms with Crippen LogP contribution >= 0.6 is 34.5 Å². The van der Waals surface area contributed by atoms with Crippen LogP contribution in [0, 0.1) is 0 Å². The fourth-order valence-electron chi connectivity index (χ4n) is 4.17. The second-order valence-corrected chi connectivity index (χ2v) is 10.2. The van der Waals surface area contributed by atoms with Crippen molar-refractivity contribution in [1.29, 1.82) is 0 Å². The third-order valence-electron chi connectivity index (χ3n) is 5.87. The van der Waals surface area contributed by atoms with E-state index in [-0.39, 0.29) is 18.8 Å². The van der Waals surface area contributed by atoms with Crippen molar-refractivity contribution >= 4 is 46.6 Å². The normalized spacial score (nSPS) is 15.3. The van der Waals surface area contributed by atoms with E-state index in [4.69, 9.17) is 37.1 Å². The average molecular weight is 569 g/mol. The molecule has 0 amide bonds. The summed E-state index contributed by atoms with van der Waals surface area (Å²) in [4.78, 5) is 31.6. The van der Waals surface area contributed by atoms with Crippen LogP contribution in [0.3, 0.4) is 0 Å².